The largest absolute Gasteiger partial charge is 0.416 e. The van der Waals surface area contributed by atoms with Crippen molar-refractivity contribution in [3.8, 4) is 11.4 Å². The number of hydrogen-bond donors (Lipinski definition) is 1. The molecule has 0 aliphatic rings. The number of halogens is 5. The van der Waals surface area contributed by atoms with Gasteiger partial charge in [0, 0.05) is 11.6 Å². The van der Waals surface area contributed by atoms with E-state index < -0.39 is 11.7 Å². The third kappa shape index (κ3) is 4.08. The molecule has 0 bridgehead atoms. The molecule has 8 heteroatoms. The van der Waals surface area contributed by atoms with E-state index in [1.54, 1.807) is 6.07 Å². The lowest BCUT2D eigenvalue weighted by Gasteiger charge is -2.12. The van der Waals surface area contributed by atoms with Gasteiger partial charge in [-0.05, 0) is 30.7 Å². The number of aromatic nitrogens is 2. The highest BCUT2D eigenvalue weighted by atomic mass is 35.5. The fourth-order valence-electron chi connectivity index (χ4n) is 2.34. The van der Waals surface area contributed by atoms with Crippen molar-refractivity contribution in [1.82, 2.24) is 9.97 Å². The van der Waals surface area contributed by atoms with Crippen molar-refractivity contribution in [3.63, 3.8) is 0 Å². The average molecular weight is 398 g/mol. The zero-order valence-electron chi connectivity index (χ0n) is 13.4. The summed E-state index contributed by atoms with van der Waals surface area (Å²) in [5.74, 6) is 0.592. The van der Waals surface area contributed by atoms with E-state index in [1.807, 2.05) is 19.1 Å². The van der Waals surface area contributed by atoms with Gasteiger partial charge in [-0.15, -0.1) is 0 Å². The highest BCUT2D eigenvalue weighted by Gasteiger charge is 2.30. The van der Waals surface area contributed by atoms with Crippen molar-refractivity contribution in [1.29, 1.82) is 0 Å². The normalized spacial score (nSPS) is 11.5. The van der Waals surface area contributed by atoms with Gasteiger partial charge in [0.05, 0.1) is 16.3 Å². The summed E-state index contributed by atoms with van der Waals surface area (Å²) in [5.41, 5.74) is 1.25. The van der Waals surface area contributed by atoms with Crippen molar-refractivity contribution in [3.05, 3.63) is 69.8 Å². The molecule has 0 unspecified atom stereocenters. The number of alkyl halides is 3. The van der Waals surface area contributed by atoms with E-state index in [0.29, 0.717) is 22.1 Å². The summed E-state index contributed by atoms with van der Waals surface area (Å²) < 4.78 is 38.1. The van der Waals surface area contributed by atoms with Crippen molar-refractivity contribution in [2.24, 2.45) is 0 Å². The number of anilines is 2. The summed E-state index contributed by atoms with van der Waals surface area (Å²) >= 11 is 12.2. The van der Waals surface area contributed by atoms with Crippen LogP contribution in [0, 0.1) is 6.92 Å². The molecule has 0 atom stereocenters. The van der Waals surface area contributed by atoms with Crippen LogP contribution in [0.4, 0.5) is 24.7 Å². The number of rotatable bonds is 3. The van der Waals surface area contributed by atoms with Crippen LogP contribution in [0.1, 0.15) is 11.1 Å². The van der Waals surface area contributed by atoms with Crippen molar-refractivity contribution >= 4 is 34.7 Å². The maximum Gasteiger partial charge on any atom is 0.416 e. The lowest BCUT2D eigenvalue weighted by molar-refractivity contribution is -0.137. The summed E-state index contributed by atoms with van der Waals surface area (Å²) in [6.07, 6.45) is -4.40. The molecule has 134 valence electrons. The molecule has 0 fully saturated rings. The van der Waals surface area contributed by atoms with Crippen LogP contribution in [0.5, 0.6) is 0 Å². The van der Waals surface area contributed by atoms with E-state index in [0.717, 1.165) is 17.7 Å². The van der Waals surface area contributed by atoms with Crippen LogP contribution in [0.2, 0.25) is 10.2 Å². The second kappa shape index (κ2) is 7.13. The van der Waals surface area contributed by atoms with Crippen LogP contribution < -0.4 is 5.32 Å². The van der Waals surface area contributed by atoms with E-state index in [1.165, 1.54) is 18.2 Å². The summed E-state index contributed by atoms with van der Waals surface area (Å²) in [6.45, 7) is 1.88. The first-order valence-corrected chi connectivity index (χ1v) is 8.24. The first-order valence-electron chi connectivity index (χ1n) is 7.48. The zero-order valence-corrected chi connectivity index (χ0v) is 14.9. The Bertz CT molecular complexity index is 921. The summed E-state index contributed by atoms with van der Waals surface area (Å²) in [4.78, 5) is 8.41. The fourth-order valence-corrected chi connectivity index (χ4v) is 2.79. The minimum Gasteiger partial charge on any atom is -0.339 e. The zero-order chi connectivity index (χ0) is 18.9. The summed E-state index contributed by atoms with van der Waals surface area (Å²) in [6, 6.07) is 11.5. The number of benzene rings is 2. The lowest BCUT2D eigenvalue weighted by Crippen LogP contribution is -2.04. The molecule has 0 spiro atoms. The average Bonchev–Trinajstić information content (AvgIpc) is 2.57. The van der Waals surface area contributed by atoms with Gasteiger partial charge in [-0.1, -0.05) is 47.5 Å². The number of nitrogens with zero attached hydrogens (tertiary/aromatic N) is 2. The van der Waals surface area contributed by atoms with Gasteiger partial charge >= 0.3 is 6.18 Å². The van der Waals surface area contributed by atoms with E-state index in [4.69, 9.17) is 23.2 Å². The number of hydrogen-bond acceptors (Lipinski definition) is 3. The predicted octanol–water partition coefficient (Wildman–Crippen LogP) is 6.52. The Morgan fingerprint density at radius 1 is 0.962 bits per heavy atom. The highest BCUT2D eigenvalue weighted by Crippen LogP contribution is 2.32. The van der Waals surface area contributed by atoms with Crippen LogP contribution in [0.15, 0.2) is 48.5 Å². The van der Waals surface area contributed by atoms with Crippen LogP contribution in [-0.2, 0) is 6.18 Å². The summed E-state index contributed by atoms with van der Waals surface area (Å²) in [7, 11) is 0. The number of para-hydroxylation sites is 1. The Morgan fingerprint density at radius 2 is 1.65 bits per heavy atom. The molecule has 3 nitrogen and oxygen atoms in total. The summed E-state index contributed by atoms with van der Waals surface area (Å²) in [5, 5.41) is 3.74. The molecule has 0 saturated heterocycles. The van der Waals surface area contributed by atoms with Crippen LogP contribution in [-0.4, -0.2) is 9.97 Å². The van der Waals surface area contributed by atoms with Crippen LogP contribution in [0.3, 0.4) is 0 Å². The Hall–Kier alpha value is -2.31. The van der Waals surface area contributed by atoms with Gasteiger partial charge in [0.25, 0.3) is 0 Å². The molecule has 3 rings (SSSR count). The third-order valence-corrected chi connectivity index (χ3v) is 4.15. The van der Waals surface area contributed by atoms with E-state index >= 15 is 0 Å². The Morgan fingerprint density at radius 3 is 2.27 bits per heavy atom. The van der Waals surface area contributed by atoms with Crippen molar-refractivity contribution in [2.75, 3.05) is 5.32 Å². The molecule has 26 heavy (non-hydrogen) atoms. The van der Waals surface area contributed by atoms with Gasteiger partial charge in [-0.2, -0.15) is 13.2 Å². The van der Waals surface area contributed by atoms with E-state index in [-0.39, 0.29) is 11.0 Å². The Labute approximate surface area is 157 Å². The molecule has 1 heterocycles. The van der Waals surface area contributed by atoms with Crippen LogP contribution >= 0.6 is 23.2 Å². The monoisotopic (exact) mass is 397 g/mol. The maximum atomic E-state index is 12.7. The number of nitrogens with one attached hydrogen (secondary N) is 1. The minimum absolute atomic E-state index is 0.155. The molecule has 0 saturated carbocycles. The highest BCUT2D eigenvalue weighted by molar-refractivity contribution is 6.33. The first-order chi connectivity index (χ1) is 12.2. The fraction of sp³-hybridized carbons (Fsp3) is 0.111. The standard InChI is InChI=1S/C18H12Cl2F3N3/c1-10-3-2-4-13(19)16(10)25-15-9-14(20)24-17(26-15)11-5-7-12(8-6-11)18(21,22)23/h2-9H,1H3,(H,24,25,26). The minimum atomic E-state index is -4.40. The Balaban J connectivity index is 1.95. The van der Waals surface area contributed by atoms with Gasteiger partial charge < -0.3 is 5.32 Å². The molecule has 0 aliphatic heterocycles. The van der Waals surface area contributed by atoms with Gasteiger partial charge in [-0.25, -0.2) is 9.97 Å². The van der Waals surface area contributed by atoms with Gasteiger partial charge in [-0.3, -0.25) is 0 Å². The van der Waals surface area contributed by atoms with Crippen molar-refractivity contribution < 1.29 is 13.2 Å². The second-order valence-electron chi connectivity index (χ2n) is 5.53. The second-order valence-corrected chi connectivity index (χ2v) is 6.33. The molecule has 0 aliphatic carbocycles. The molecule has 3 aromatic rings. The molecule has 0 radical (unpaired) electrons. The quantitative estimate of drug-likeness (QED) is 0.511. The SMILES string of the molecule is Cc1cccc(Cl)c1Nc1cc(Cl)nc(-c2ccc(C(F)(F)F)cc2)n1. The van der Waals surface area contributed by atoms with Crippen molar-refractivity contribution in [2.45, 2.75) is 13.1 Å². The van der Waals surface area contributed by atoms with Gasteiger partial charge in [0.15, 0.2) is 5.82 Å². The Kier molecular flexibility index (Phi) is 5.07. The number of aryl methyl sites for hydroxylation is 1. The topological polar surface area (TPSA) is 37.8 Å². The predicted molar refractivity (Wildman–Crippen MR) is 97.0 cm³/mol. The lowest BCUT2D eigenvalue weighted by atomic mass is 10.1. The van der Waals surface area contributed by atoms with E-state index in [2.05, 4.69) is 15.3 Å². The smallest absolute Gasteiger partial charge is 0.339 e. The molecule has 2 aromatic carbocycles. The van der Waals surface area contributed by atoms with Gasteiger partial charge in [0.2, 0.25) is 0 Å². The van der Waals surface area contributed by atoms with Gasteiger partial charge in [0.1, 0.15) is 11.0 Å². The van der Waals surface area contributed by atoms with E-state index in [9.17, 15) is 13.2 Å². The molecule has 1 N–H and O–H groups in total. The molecule has 0 amide bonds. The molecule has 1 aromatic heterocycles. The third-order valence-electron chi connectivity index (χ3n) is 3.64. The maximum absolute atomic E-state index is 12.7. The molecular formula is C18H12Cl2F3N3. The molecular weight excluding hydrogens is 386 g/mol. The first kappa shape index (κ1) is 18.5. The van der Waals surface area contributed by atoms with Crippen LogP contribution in [0.25, 0.3) is 11.4 Å².